The molecule has 0 amide bonds. The summed E-state index contributed by atoms with van der Waals surface area (Å²) in [6.07, 6.45) is 4.66. The van der Waals surface area contributed by atoms with E-state index in [0.717, 1.165) is 61.3 Å². The van der Waals surface area contributed by atoms with Crippen molar-refractivity contribution in [1.29, 1.82) is 0 Å². The van der Waals surface area contributed by atoms with E-state index in [2.05, 4.69) is 42.0 Å². The van der Waals surface area contributed by atoms with Crippen molar-refractivity contribution in [2.75, 3.05) is 38.0 Å². The predicted octanol–water partition coefficient (Wildman–Crippen LogP) is 4.40. The molecule has 1 fully saturated rings. The zero-order valence-corrected chi connectivity index (χ0v) is 21.5. The highest BCUT2D eigenvalue weighted by molar-refractivity contribution is 7.22. The number of fused-ring (bicyclic) bond motifs is 1. The van der Waals surface area contributed by atoms with Crippen molar-refractivity contribution < 1.29 is 9.50 Å². The molecule has 5 heterocycles. The molecule has 0 aromatic carbocycles. The van der Waals surface area contributed by atoms with Gasteiger partial charge in [-0.05, 0) is 44.2 Å². The summed E-state index contributed by atoms with van der Waals surface area (Å²) < 4.78 is 15.5. The molecular formula is C26H30FN7OS. The molecule has 1 aliphatic heterocycles. The molecular weight excluding hydrogens is 477 g/mol. The van der Waals surface area contributed by atoms with Gasteiger partial charge in [0.1, 0.15) is 11.5 Å². The maximum Gasteiger partial charge on any atom is 0.229 e. The van der Waals surface area contributed by atoms with Crippen molar-refractivity contribution >= 4 is 33.3 Å². The summed E-state index contributed by atoms with van der Waals surface area (Å²) in [7, 11) is 0. The van der Waals surface area contributed by atoms with Crippen molar-refractivity contribution in [2.45, 2.75) is 32.9 Å². The van der Waals surface area contributed by atoms with Gasteiger partial charge in [0.25, 0.3) is 0 Å². The minimum atomic E-state index is -1.04. The Balaban J connectivity index is 1.32. The molecule has 4 aromatic rings. The molecule has 1 aliphatic rings. The minimum Gasteiger partial charge on any atom is -0.386 e. The van der Waals surface area contributed by atoms with Crippen LogP contribution in [0.4, 0.5) is 16.2 Å². The van der Waals surface area contributed by atoms with E-state index in [1.807, 2.05) is 18.3 Å². The van der Waals surface area contributed by atoms with E-state index in [9.17, 15) is 9.50 Å². The summed E-state index contributed by atoms with van der Waals surface area (Å²) in [5, 5.41) is 13.6. The van der Waals surface area contributed by atoms with Crippen LogP contribution in [0, 0.1) is 5.82 Å². The van der Waals surface area contributed by atoms with Gasteiger partial charge >= 0.3 is 0 Å². The Labute approximate surface area is 213 Å². The first-order valence-corrected chi connectivity index (χ1v) is 12.9. The van der Waals surface area contributed by atoms with Crippen molar-refractivity contribution in [3.8, 4) is 10.6 Å². The van der Waals surface area contributed by atoms with Crippen molar-refractivity contribution in [2.24, 2.45) is 0 Å². The zero-order chi connectivity index (χ0) is 25.3. The van der Waals surface area contributed by atoms with Crippen LogP contribution in [0.1, 0.15) is 31.9 Å². The maximum atomic E-state index is 14.7. The number of nitrogens with one attached hydrogen (secondary N) is 1. The summed E-state index contributed by atoms with van der Waals surface area (Å²) >= 11 is 1.35. The van der Waals surface area contributed by atoms with Crippen LogP contribution in [0.2, 0.25) is 0 Å². The van der Waals surface area contributed by atoms with Crippen LogP contribution in [-0.4, -0.2) is 67.6 Å². The Kier molecular flexibility index (Phi) is 6.94. The lowest BCUT2D eigenvalue weighted by atomic mass is 9.99. The lowest BCUT2D eigenvalue weighted by Crippen LogP contribution is -2.45. The SMILES string of the molecule is CCN1CCN(Cc2ccc(Nc3ncc(F)c(-c4cc5nccc(C(C)(C)O)c5s4)n3)nc2)CC1. The number of nitrogens with zero attached hydrogens (tertiary/aromatic N) is 6. The molecule has 10 heteroatoms. The topological polar surface area (TPSA) is 90.3 Å². The van der Waals surface area contributed by atoms with Crippen LogP contribution in [-0.2, 0) is 12.1 Å². The van der Waals surface area contributed by atoms with Crippen LogP contribution in [0.3, 0.4) is 0 Å². The third-order valence-corrected chi connectivity index (χ3v) is 7.60. The monoisotopic (exact) mass is 507 g/mol. The van der Waals surface area contributed by atoms with Gasteiger partial charge in [0.05, 0.1) is 26.9 Å². The smallest absolute Gasteiger partial charge is 0.229 e. The highest BCUT2D eigenvalue weighted by atomic mass is 32.1. The van der Waals surface area contributed by atoms with Gasteiger partial charge in [0.15, 0.2) is 5.82 Å². The molecule has 0 radical (unpaired) electrons. The molecule has 2 N–H and O–H groups in total. The second-order valence-electron chi connectivity index (χ2n) is 9.52. The average molecular weight is 508 g/mol. The third kappa shape index (κ3) is 5.36. The van der Waals surface area contributed by atoms with Crippen molar-refractivity contribution in [3.05, 3.63) is 59.8 Å². The third-order valence-electron chi connectivity index (χ3n) is 6.43. The molecule has 0 bridgehead atoms. The largest absolute Gasteiger partial charge is 0.386 e. The number of hydrogen-bond donors (Lipinski definition) is 2. The van der Waals surface area contributed by atoms with E-state index < -0.39 is 11.4 Å². The fraction of sp³-hybridized carbons (Fsp3) is 0.385. The molecule has 1 saturated heterocycles. The van der Waals surface area contributed by atoms with Crippen molar-refractivity contribution in [3.63, 3.8) is 0 Å². The van der Waals surface area contributed by atoms with E-state index in [-0.39, 0.29) is 11.6 Å². The second kappa shape index (κ2) is 10.1. The number of piperazine rings is 1. The number of aliphatic hydroxyl groups is 1. The molecule has 0 spiro atoms. The zero-order valence-electron chi connectivity index (χ0n) is 20.7. The number of thiophene rings is 1. The van der Waals surface area contributed by atoms with Gasteiger partial charge in [-0.2, -0.15) is 0 Å². The lowest BCUT2D eigenvalue weighted by molar-refractivity contribution is 0.0803. The van der Waals surface area contributed by atoms with Gasteiger partial charge in [-0.15, -0.1) is 11.3 Å². The van der Waals surface area contributed by atoms with Crippen LogP contribution < -0.4 is 5.32 Å². The predicted molar refractivity (Wildman–Crippen MR) is 141 cm³/mol. The number of aromatic nitrogens is 4. The molecule has 8 nitrogen and oxygen atoms in total. The fourth-order valence-corrected chi connectivity index (χ4v) is 5.64. The summed E-state index contributed by atoms with van der Waals surface area (Å²) in [6, 6.07) is 7.51. The summed E-state index contributed by atoms with van der Waals surface area (Å²) in [4.78, 5) is 22.9. The standard InChI is InChI=1S/C26H30FN7OS/c1-4-33-9-11-34(12-10-33)16-17-5-6-22(29-14-17)31-25-30-15-19(27)23(32-25)21-13-20-24(36-21)18(7-8-28-20)26(2,3)35/h5-8,13-15,35H,4,9-12,16H2,1-3H3,(H,29,30,31,32). The summed E-state index contributed by atoms with van der Waals surface area (Å²) in [5.74, 6) is 0.327. The molecule has 0 unspecified atom stereocenters. The lowest BCUT2D eigenvalue weighted by Gasteiger charge is -2.33. The van der Waals surface area contributed by atoms with Gasteiger partial charge in [-0.1, -0.05) is 13.0 Å². The number of halogens is 1. The minimum absolute atomic E-state index is 0.181. The highest BCUT2D eigenvalue weighted by Crippen LogP contribution is 2.38. The number of hydrogen-bond acceptors (Lipinski definition) is 9. The van der Waals surface area contributed by atoms with Gasteiger partial charge in [-0.25, -0.2) is 19.3 Å². The maximum absolute atomic E-state index is 14.7. The van der Waals surface area contributed by atoms with Gasteiger partial charge in [0.2, 0.25) is 5.95 Å². The first-order chi connectivity index (χ1) is 17.3. The summed E-state index contributed by atoms with van der Waals surface area (Å²) in [5.41, 5.74) is 1.72. The van der Waals surface area contributed by atoms with Crippen molar-refractivity contribution in [1.82, 2.24) is 29.7 Å². The molecule has 0 aliphatic carbocycles. The molecule has 5 rings (SSSR count). The Morgan fingerprint density at radius 1 is 1.06 bits per heavy atom. The second-order valence-corrected chi connectivity index (χ2v) is 10.6. The normalized spacial score (nSPS) is 15.5. The Bertz CT molecular complexity index is 1340. The van der Waals surface area contributed by atoms with E-state index in [1.165, 1.54) is 11.3 Å². The number of anilines is 2. The molecule has 0 saturated carbocycles. The highest BCUT2D eigenvalue weighted by Gasteiger charge is 2.22. The first-order valence-electron chi connectivity index (χ1n) is 12.1. The molecule has 188 valence electrons. The van der Waals surface area contributed by atoms with Crippen LogP contribution >= 0.6 is 11.3 Å². The Hall–Kier alpha value is -3.05. The Morgan fingerprint density at radius 2 is 1.83 bits per heavy atom. The quantitative estimate of drug-likeness (QED) is 0.381. The number of pyridine rings is 2. The van der Waals surface area contributed by atoms with Crippen LogP contribution in [0.15, 0.2) is 42.9 Å². The molecule has 0 atom stereocenters. The van der Waals surface area contributed by atoms with Crippen LogP contribution in [0.25, 0.3) is 20.8 Å². The van der Waals surface area contributed by atoms with Gasteiger partial charge in [-0.3, -0.25) is 9.88 Å². The van der Waals surface area contributed by atoms with E-state index in [4.69, 9.17) is 0 Å². The fourth-order valence-electron chi connectivity index (χ4n) is 4.37. The van der Waals surface area contributed by atoms with E-state index in [0.29, 0.717) is 16.2 Å². The van der Waals surface area contributed by atoms with Gasteiger partial charge < -0.3 is 15.3 Å². The van der Waals surface area contributed by atoms with Gasteiger partial charge in [0, 0.05) is 50.7 Å². The average Bonchev–Trinajstić information content (AvgIpc) is 3.30. The first kappa shape index (κ1) is 24.6. The van der Waals surface area contributed by atoms with E-state index >= 15 is 0 Å². The molecule has 36 heavy (non-hydrogen) atoms. The molecule has 4 aromatic heterocycles. The number of likely N-dealkylation sites (N-methyl/N-ethyl adjacent to an activating group) is 1. The Morgan fingerprint density at radius 3 is 2.53 bits per heavy atom. The number of rotatable bonds is 7. The summed E-state index contributed by atoms with van der Waals surface area (Å²) in [6.45, 7) is 11.9. The van der Waals surface area contributed by atoms with E-state index in [1.54, 1.807) is 32.2 Å². The van der Waals surface area contributed by atoms with Crippen LogP contribution in [0.5, 0.6) is 0 Å².